The van der Waals surface area contributed by atoms with Crippen LogP contribution in [-0.2, 0) is 0 Å². The molecule has 1 atom stereocenters. The molecule has 1 N–H and O–H groups in total. The molecule has 0 unspecified atom stereocenters. The lowest BCUT2D eigenvalue weighted by molar-refractivity contribution is 0.0606. The van der Waals surface area contributed by atoms with Gasteiger partial charge in [-0.3, -0.25) is 4.79 Å². The van der Waals surface area contributed by atoms with Crippen LogP contribution in [0.5, 0.6) is 5.75 Å². The highest BCUT2D eigenvalue weighted by Crippen LogP contribution is 2.33. The molecule has 7 nitrogen and oxygen atoms in total. The number of aromatic hydroxyl groups is 1. The van der Waals surface area contributed by atoms with Gasteiger partial charge < -0.3 is 14.5 Å². The van der Waals surface area contributed by atoms with Gasteiger partial charge in [-0.15, -0.1) is 0 Å². The molecule has 1 fully saturated rings. The number of benzene rings is 1. The first-order valence-electron chi connectivity index (χ1n) is 9.83. The van der Waals surface area contributed by atoms with E-state index in [2.05, 4.69) is 10.1 Å². The monoisotopic (exact) mass is 392 g/mol. The van der Waals surface area contributed by atoms with Crippen molar-refractivity contribution in [1.29, 1.82) is 0 Å². The van der Waals surface area contributed by atoms with Crippen LogP contribution in [0.4, 0.5) is 0 Å². The number of nitrogens with zero attached hydrogens (tertiary/aromatic N) is 4. The summed E-state index contributed by atoms with van der Waals surface area (Å²) in [5.41, 5.74) is 3.79. The van der Waals surface area contributed by atoms with Gasteiger partial charge in [-0.1, -0.05) is 5.16 Å². The minimum Gasteiger partial charge on any atom is -0.508 e. The first kappa shape index (κ1) is 19.1. The molecule has 7 heteroatoms. The van der Waals surface area contributed by atoms with Gasteiger partial charge in [-0.2, -0.15) is 0 Å². The molecular weight excluding hydrogens is 368 g/mol. The van der Waals surface area contributed by atoms with E-state index in [1.54, 1.807) is 12.1 Å². The van der Waals surface area contributed by atoms with Crippen molar-refractivity contribution in [2.75, 3.05) is 6.54 Å². The molecule has 29 heavy (non-hydrogen) atoms. The van der Waals surface area contributed by atoms with Gasteiger partial charge in [0.25, 0.3) is 5.91 Å². The number of hydrogen-bond acceptors (Lipinski definition) is 6. The summed E-state index contributed by atoms with van der Waals surface area (Å²) >= 11 is 0. The fourth-order valence-corrected chi connectivity index (χ4v) is 3.93. The number of amides is 1. The van der Waals surface area contributed by atoms with Gasteiger partial charge in [0.15, 0.2) is 5.82 Å². The zero-order valence-electron chi connectivity index (χ0n) is 16.8. The number of carbonyl (C=O) groups is 1. The summed E-state index contributed by atoms with van der Waals surface area (Å²) in [6.45, 7) is 6.33. The van der Waals surface area contributed by atoms with Crippen molar-refractivity contribution >= 4 is 5.91 Å². The van der Waals surface area contributed by atoms with Gasteiger partial charge in [0.05, 0.1) is 23.0 Å². The van der Waals surface area contributed by atoms with Crippen molar-refractivity contribution < 1.29 is 14.4 Å². The maximum absolute atomic E-state index is 13.2. The number of rotatable bonds is 3. The number of carbonyl (C=O) groups excluding carboxylic acids is 1. The van der Waals surface area contributed by atoms with Crippen LogP contribution in [0, 0.1) is 20.8 Å². The molecule has 2 aromatic heterocycles. The third kappa shape index (κ3) is 3.72. The minimum atomic E-state index is -0.119. The van der Waals surface area contributed by atoms with Crippen molar-refractivity contribution in [2.24, 2.45) is 0 Å². The van der Waals surface area contributed by atoms with Crippen molar-refractivity contribution in [3.63, 3.8) is 0 Å². The normalized spacial score (nSPS) is 16.8. The molecule has 0 saturated carbocycles. The lowest BCUT2D eigenvalue weighted by Crippen LogP contribution is -2.39. The summed E-state index contributed by atoms with van der Waals surface area (Å²) < 4.78 is 5.29. The van der Waals surface area contributed by atoms with Crippen molar-refractivity contribution in [3.05, 3.63) is 58.7 Å². The Morgan fingerprint density at radius 3 is 2.59 bits per heavy atom. The van der Waals surface area contributed by atoms with Gasteiger partial charge in [-0.05, 0) is 70.4 Å². The smallest absolute Gasteiger partial charge is 0.254 e. The summed E-state index contributed by atoms with van der Waals surface area (Å²) in [5.74, 6) is 1.36. The second-order valence-electron chi connectivity index (χ2n) is 7.51. The Balaban J connectivity index is 1.72. The van der Waals surface area contributed by atoms with E-state index >= 15 is 0 Å². The second kappa shape index (κ2) is 7.66. The van der Waals surface area contributed by atoms with E-state index in [0.29, 0.717) is 23.7 Å². The third-order valence-corrected chi connectivity index (χ3v) is 5.35. The van der Waals surface area contributed by atoms with Crippen LogP contribution in [0.2, 0.25) is 0 Å². The molecule has 0 spiro atoms. The molecule has 1 aliphatic heterocycles. The van der Waals surface area contributed by atoms with Gasteiger partial charge in [0.1, 0.15) is 11.5 Å². The molecule has 4 rings (SSSR count). The SMILES string of the molecule is Cc1cc([C@H]2CCCCN2C(=O)c2ccc(O)cc2)nc(-c2c(C)noc2C)n1. The summed E-state index contributed by atoms with van der Waals surface area (Å²) in [5, 5.41) is 13.5. The Morgan fingerprint density at radius 1 is 1.14 bits per heavy atom. The summed E-state index contributed by atoms with van der Waals surface area (Å²) in [6, 6.07) is 8.22. The van der Waals surface area contributed by atoms with Crippen LogP contribution in [0.1, 0.15) is 58.5 Å². The Labute approximate surface area is 169 Å². The zero-order chi connectivity index (χ0) is 20.5. The molecular formula is C22H24N4O3. The fraction of sp³-hybridized carbons (Fsp3) is 0.364. The van der Waals surface area contributed by atoms with Crippen molar-refractivity contribution in [2.45, 2.75) is 46.1 Å². The van der Waals surface area contributed by atoms with Crippen LogP contribution >= 0.6 is 0 Å². The highest BCUT2D eigenvalue weighted by atomic mass is 16.5. The molecule has 150 valence electrons. The van der Waals surface area contributed by atoms with Gasteiger partial charge in [0, 0.05) is 17.8 Å². The molecule has 1 amide bonds. The Hall–Kier alpha value is -3.22. The van der Waals surface area contributed by atoms with E-state index in [4.69, 9.17) is 9.51 Å². The van der Waals surface area contributed by atoms with E-state index in [1.165, 1.54) is 12.1 Å². The van der Waals surface area contributed by atoms with Crippen LogP contribution < -0.4 is 0 Å². The highest BCUT2D eigenvalue weighted by molar-refractivity contribution is 5.94. The molecule has 0 aliphatic carbocycles. The number of likely N-dealkylation sites (tertiary alicyclic amines) is 1. The largest absolute Gasteiger partial charge is 0.508 e. The summed E-state index contributed by atoms with van der Waals surface area (Å²) in [4.78, 5) is 24.5. The maximum atomic E-state index is 13.2. The molecule has 0 bridgehead atoms. The molecule has 1 saturated heterocycles. The van der Waals surface area contributed by atoms with Gasteiger partial charge >= 0.3 is 0 Å². The minimum absolute atomic E-state index is 0.0511. The average Bonchev–Trinajstić information content (AvgIpc) is 3.05. The number of phenols is 1. The third-order valence-electron chi connectivity index (χ3n) is 5.35. The van der Waals surface area contributed by atoms with E-state index < -0.39 is 0 Å². The Kier molecular flexibility index (Phi) is 5.05. The van der Waals surface area contributed by atoms with Gasteiger partial charge in [-0.25, -0.2) is 9.97 Å². The lowest BCUT2D eigenvalue weighted by Gasteiger charge is -2.35. The number of piperidine rings is 1. The van der Waals surface area contributed by atoms with Crippen LogP contribution in [0.15, 0.2) is 34.9 Å². The highest BCUT2D eigenvalue weighted by Gasteiger charge is 2.30. The van der Waals surface area contributed by atoms with Crippen molar-refractivity contribution in [1.82, 2.24) is 20.0 Å². The van der Waals surface area contributed by atoms with E-state index in [9.17, 15) is 9.90 Å². The lowest BCUT2D eigenvalue weighted by atomic mass is 9.97. The second-order valence-corrected chi connectivity index (χ2v) is 7.51. The van der Waals surface area contributed by atoms with Crippen LogP contribution in [-0.4, -0.2) is 37.6 Å². The quantitative estimate of drug-likeness (QED) is 0.720. The van der Waals surface area contributed by atoms with E-state index in [-0.39, 0.29) is 17.7 Å². The first-order valence-corrected chi connectivity index (χ1v) is 9.83. The topological polar surface area (TPSA) is 92.4 Å². The maximum Gasteiger partial charge on any atom is 0.254 e. The van der Waals surface area contributed by atoms with Crippen LogP contribution in [0.25, 0.3) is 11.4 Å². The average molecular weight is 392 g/mol. The number of phenolic OH excluding ortho intramolecular Hbond substituents is 1. The predicted octanol–water partition coefficient (Wildman–Crippen LogP) is 4.13. The first-order chi connectivity index (χ1) is 13.9. The standard InChI is InChI=1S/C22H24N4O3/c1-13-12-18(24-21(23-13)20-14(2)25-29-15(20)3)19-6-4-5-11-26(19)22(28)16-7-9-17(27)10-8-16/h7-10,12,19,27H,4-6,11H2,1-3H3/t19-/m1/s1. The summed E-state index contributed by atoms with van der Waals surface area (Å²) in [7, 11) is 0. The predicted molar refractivity (Wildman–Crippen MR) is 107 cm³/mol. The number of hydrogen-bond donors (Lipinski definition) is 1. The van der Waals surface area contributed by atoms with Crippen LogP contribution in [0.3, 0.4) is 0 Å². The molecule has 3 aromatic rings. The van der Waals surface area contributed by atoms with E-state index in [1.807, 2.05) is 31.7 Å². The molecule has 0 radical (unpaired) electrons. The molecule has 3 heterocycles. The van der Waals surface area contributed by atoms with E-state index in [0.717, 1.165) is 41.9 Å². The zero-order valence-corrected chi connectivity index (χ0v) is 16.8. The Bertz CT molecular complexity index is 1020. The van der Waals surface area contributed by atoms with Gasteiger partial charge in [0.2, 0.25) is 0 Å². The number of aryl methyl sites for hydroxylation is 3. The number of aromatic nitrogens is 3. The molecule has 1 aromatic carbocycles. The fourth-order valence-electron chi connectivity index (χ4n) is 3.93. The summed E-state index contributed by atoms with van der Waals surface area (Å²) in [6.07, 6.45) is 2.84. The van der Waals surface area contributed by atoms with Crippen molar-refractivity contribution in [3.8, 4) is 17.1 Å². The molecule has 1 aliphatic rings. The Morgan fingerprint density at radius 2 is 1.90 bits per heavy atom.